The standard InChI is InChI=1S/C33H29N7O4S2/c1-19-8-15-24-27(16-19)46-31(35-24)21-9-11-22(12-10-21)34-28(41)17-25-32(43)40(23-13-14-23)33(45)39(25)18-26-30(44-37-38(26)2)36-29(42)20-6-4-3-5-7-20/h3-12,15-16,23,25H,13-14,17-18H2,1-2H3,(H-,34,35,36,37,41,42). The van der Waals surface area contributed by atoms with Gasteiger partial charge in [0.25, 0.3) is 11.6 Å². The van der Waals surface area contributed by atoms with E-state index in [1.54, 1.807) is 52.4 Å². The molecule has 1 saturated heterocycles. The molecule has 0 spiro atoms. The molecule has 1 unspecified atom stereocenters. The second-order valence-corrected chi connectivity index (χ2v) is 12.8. The van der Waals surface area contributed by atoms with Gasteiger partial charge < -0.3 is 15.3 Å². The van der Waals surface area contributed by atoms with Gasteiger partial charge in [0, 0.05) is 17.3 Å². The van der Waals surface area contributed by atoms with Gasteiger partial charge in [-0.2, -0.15) is 0 Å². The van der Waals surface area contributed by atoms with Crippen LogP contribution in [0, 0.1) is 6.92 Å². The smallest absolute Gasteiger partial charge is 0.325 e. The Labute approximate surface area is 273 Å². The topological polar surface area (TPSA) is 131 Å². The molecule has 1 aliphatic heterocycles. The van der Waals surface area contributed by atoms with E-state index in [-0.39, 0.29) is 36.7 Å². The van der Waals surface area contributed by atoms with E-state index in [0.717, 1.165) is 33.6 Å². The van der Waals surface area contributed by atoms with Crippen LogP contribution in [0.1, 0.15) is 36.1 Å². The third-order valence-corrected chi connectivity index (χ3v) is 9.53. The van der Waals surface area contributed by atoms with Gasteiger partial charge in [-0.1, -0.05) is 36.4 Å². The van der Waals surface area contributed by atoms with E-state index >= 15 is 0 Å². The van der Waals surface area contributed by atoms with Crippen molar-refractivity contribution in [1.29, 1.82) is 0 Å². The normalized spacial score (nSPS) is 16.9. The summed E-state index contributed by atoms with van der Waals surface area (Å²) in [5.41, 5.74) is 4.55. The zero-order valence-electron chi connectivity index (χ0n) is 25.0. The number of thiocarbonyl (C=S) groups is 1. The third kappa shape index (κ3) is 5.86. The summed E-state index contributed by atoms with van der Waals surface area (Å²) in [5, 5.41) is 20.9. The number of aromatic nitrogens is 3. The molecule has 0 radical (unpaired) electrons. The molecular weight excluding hydrogens is 623 g/mol. The quantitative estimate of drug-likeness (QED) is 0.110. The minimum Gasteiger partial charge on any atom is -0.858 e. The fourth-order valence-corrected chi connectivity index (χ4v) is 6.94. The molecule has 2 amide bonds. The molecular formula is C33H29N7O4S2. The van der Waals surface area contributed by atoms with E-state index < -0.39 is 11.9 Å². The fraction of sp³-hybridized carbons (Fsp3) is 0.242. The Bertz CT molecular complexity index is 2000. The molecule has 1 N–H and O–H groups in total. The molecule has 2 aromatic heterocycles. The summed E-state index contributed by atoms with van der Waals surface area (Å²) in [6.07, 6.45) is 1.59. The van der Waals surface area contributed by atoms with Crippen molar-refractivity contribution in [2.45, 2.75) is 44.8 Å². The zero-order chi connectivity index (χ0) is 31.9. The highest BCUT2D eigenvalue weighted by Gasteiger charge is 2.50. The van der Waals surface area contributed by atoms with Crippen LogP contribution in [-0.2, 0) is 23.2 Å². The number of thiazole rings is 1. The molecule has 1 saturated carbocycles. The number of hydrogen-bond donors (Lipinski definition) is 1. The first-order chi connectivity index (χ1) is 22.2. The lowest BCUT2D eigenvalue weighted by molar-refractivity contribution is -0.746. The van der Waals surface area contributed by atoms with Crippen LogP contribution in [0.25, 0.3) is 20.8 Å². The van der Waals surface area contributed by atoms with Crippen molar-refractivity contribution < 1.29 is 23.9 Å². The second-order valence-electron chi connectivity index (χ2n) is 11.4. The number of carbonyl (C=O) groups is 2. The number of rotatable bonds is 9. The number of nitrogens with one attached hydrogen (secondary N) is 1. The number of nitrogens with zero attached hydrogens (tertiary/aromatic N) is 6. The van der Waals surface area contributed by atoms with Crippen LogP contribution in [0.2, 0.25) is 0 Å². The number of fused-ring (bicyclic) bond motifs is 1. The maximum absolute atomic E-state index is 13.6. The summed E-state index contributed by atoms with van der Waals surface area (Å²) in [6.45, 7) is 2.13. The minimum absolute atomic E-state index is 0.0167. The number of amides is 2. The summed E-state index contributed by atoms with van der Waals surface area (Å²) in [4.78, 5) is 39.2. The lowest BCUT2D eigenvalue weighted by Gasteiger charge is -2.21. The molecule has 7 rings (SSSR count). The van der Waals surface area contributed by atoms with Crippen molar-refractivity contribution in [2.24, 2.45) is 12.0 Å². The Morgan fingerprint density at radius 3 is 2.65 bits per heavy atom. The van der Waals surface area contributed by atoms with E-state index in [0.29, 0.717) is 22.1 Å². The monoisotopic (exact) mass is 651 g/mol. The van der Waals surface area contributed by atoms with E-state index in [1.807, 2.05) is 42.5 Å². The van der Waals surface area contributed by atoms with Crippen LogP contribution >= 0.6 is 23.6 Å². The zero-order valence-corrected chi connectivity index (χ0v) is 26.7. The Morgan fingerprint density at radius 1 is 1.15 bits per heavy atom. The molecule has 1 aliphatic carbocycles. The molecule has 3 heterocycles. The van der Waals surface area contributed by atoms with Gasteiger partial charge in [-0.25, -0.2) is 9.98 Å². The number of carbonyl (C=O) groups excluding carboxylic acids is 2. The Balaban J connectivity index is 1.08. The summed E-state index contributed by atoms with van der Waals surface area (Å²) in [5.74, 6) is -1.02. The van der Waals surface area contributed by atoms with E-state index in [1.165, 1.54) is 10.2 Å². The number of hydrogen-bond acceptors (Lipinski definition) is 9. The lowest BCUT2D eigenvalue weighted by Crippen LogP contribution is -2.42. The molecule has 3 aromatic carbocycles. The van der Waals surface area contributed by atoms with E-state index in [4.69, 9.17) is 21.7 Å². The number of aliphatic imine (C=N–C) groups is 1. The van der Waals surface area contributed by atoms with Gasteiger partial charge in [-0.3, -0.25) is 19.0 Å². The van der Waals surface area contributed by atoms with Gasteiger partial charge in [0.15, 0.2) is 12.2 Å². The highest BCUT2D eigenvalue weighted by atomic mass is 32.1. The first-order valence-corrected chi connectivity index (χ1v) is 16.0. The van der Waals surface area contributed by atoms with Crippen molar-refractivity contribution in [3.8, 4) is 10.6 Å². The molecule has 13 heteroatoms. The maximum atomic E-state index is 13.6. The highest BCUT2D eigenvalue weighted by molar-refractivity contribution is 7.80. The van der Waals surface area contributed by atoms with Gasteiger partial charge >= 0.3 is 5.88 Å². The summed E-state index contributed by atoms with van der Waals surface area (Å²) in [6, 6.07) is 21.5. The van der Waals surface area contributed by atoms with Gasteiger partial charge in [0.1, 0.15) is 17.6 Å². The van der Waals surface area contributed by atoms with E-state index in [9.17, 15) is 14.7 Å². The average molecular weight is 652 g/mol. The van der Waals surface area contributed by atoms with E-state index in [2.05, 4.69) is 28.6 Å². The van der Waals surface area contributed by atoms with Crippen LogP contribution < -0.4 is 15.1 Å². The van der Waals surface area contributed by atoms with Gasteiger partial charge in [0.05, 0.1) is 16.6 Å². The molecule has 1 atom stereocenters. The maximum Gasteiger partial charge on any atom is 0.325 e. The number of benzene rings is 3. The van der Waals surface area contributed by atoms with Crippen molar-refractivity contribution >= 4 is 68.2 Å². The second kappa shape index (κ2) is 12.1. The lowest BCUT2D eigenvalue weighted by atomic mass is 10.1. The molecule has 232 valence electrons. The molecule has 2 aliphatic rings. The summed E-state index contributed by atoms with van der Waals surface area (Å²) < 4.78 is 7.96. The molecule has 46 heavy (non-hydrogen) atoms. The first kappa shape index (κ1) is 29.7. The van der Waals surface area contributed by atoms with Gasteiger partial charge in [-0.15, -0.1) is 11.3 Å². The van der Waals surface area contributed by atoms with Gasteiger partial charge in [-0.05, 0) is 90.1 Å². The highest BCUT2D eigenvalue weighted by Crippen LogP contribution is 2.35. The summed E-state index contributed by atoms with van der Waals surface area (Å²) >= 11 is 7.39. The molecule has 0 bridgehead atoms. The van der Waals surface area contributed by atoms with Crippen molar-refractivity contribution in [3.63, 3.8) is 0 Å². The predicted molar refractivity (Wildman–Crippen MR) is 175 cm³/mol. The molecule has 5 aromatic rings. The summed E-state index contributed by atoms with van der Waals surface area (Å²) in [7, 11) is 1.66. The Hall–Kier alpha value is -5.01. The van der Waals surface area contributed by atoms with Crippen molar-refractivity contribution in [1.82, 2.24) is 20.1 Å². The van der Waals surface area contributed by atoms with Crippen LogP contribution in [0.5, 0.6) is 0 Å². The van der Waals surface area contributed by atoms with Crippen molar-refractivity contribution in [3.05, 3.63) is 89.6 Å². The average Bonchev–Trinajstić information content (AvgIpc) is 3.64. The Morgan fingerprint density at radius 2 is 1.91 bits per heavy atom. The predicted octanol–water partition coefficient (Wildman–Crippen LogP) is 4.01. The largest absolute Gasteiger partial charge is 0.858 e. The number of anilines is 1. The first-order valence-electron chi connectivity index (χ1n) is 14.8. The van der Waals surface area contributed by atoms with Crippen LogP contribution in [-0.4, -0.2) is 55.0 Å². The SMILES string of the molecule is Cc1ccc2nc(-c3ccc(NC(=O)CC4C(=O)N(C5CC5)C(=S)N4Cc4c(/N=C(\[O-])c5ccccc5)on[n+]4C)cc3)sc2c1. The molecule has 11 nitrogen and oxygen atoms in total. The van der Waals surface area contributed by atoms with Gasteiger partial charge in [0.2, 0.25) is 11.2 Å². The minimum atomic E-state index is -0.842. The van der Waals surface area contributed by atoms with Crippen molar-refractivity contribution in [2.75, 3.05) is 5.32 Å². The Kier molecular flexibility index (Phi) is 7.79. The van der Waals surface area contributed by atoms with Crippen LogP contribution in [0.4, 0.5) is 11.6 Å². The van der Waals surface area contributed by atoms with Crippen LogP contribution in [0.3, 0.4) is 0 Å². The molecule has 2 fully saturated rings. The fourth-order valence-electron chi connectivity index (χ4n) is 5.44. The number of aryl methyl sites for hydroxylation is 2. The van der Waals surface area contributed by atoms with Crippen LogP contribution in [0.15, 0.2) is 82.3 Å². The third-order valence-electron chi connectivity index (χ3n) is 8.03.